The van der Waals surface area contributed by atoms with Crippen molar-refractivity contribution in [3.63, 3.8) is 0 Å². The molecule has 0 radical (unpaired) electrons. The van der Waals surface area contributed by atoms with E-state index in [1.54, 1.807) is 0 Å². The van der Waals surface area contributed by atoms with Gasteiger partial charge in [0.05, 0.1) is 17.9 Å². The largest absolute Gasteiger partial charge is 0.461 e. The number of nitrogens with one attached hydrogen (secondary N) is 2. The lowest BCUT2D eigenvalue weighted by Crippen LogP contribution is -2.46. The second-order valence-electron chi connectivity index (χ2n) is 7.51. The van der Waals surface area contributed by atoms with Crippen LogP contribution in [-0.4, -0.2) is 58.4 Å². The third-order valence-electron chi connectivity index (χ3n) is 5.11. The molecule has 1 atom stereocenters. The Hall–Kier alpha value is -4.29. The van der Waals surface area contributed by atoms with Crippen molar-refractivity contribution >= 4 is 35.1 Å². The maximum atomic E-state index is 12.5. The summed E-state index contributed by atoms with van der Waals surface area (Å²) in [6.45, 7) is 0.207. The van der Waals surface area contributed by atoms with Crippen molar-refractivity contribution in [3.05, 3.63) is 52.3 Å². The average Bonchev–Trinajstić information content (AvgIpc) is 3.31. The summed E-state index contributed by atoms with van der Waals surface area (Å²) in [5.74, 6) is -1.74. The number of anilines is 2. The Balaban J connectivity index is 1.65. The van der Waals surface area contributed by atoms with E-state index in [0.29, 0.717) is 19.4 Å². The molecule has 2 heterocycles. The minimum Gasteiger partial charge on any atom is -0.461 e. The number of aromatic nitrogens is 2. The van der Waals surface area contributed by atoms with Crippen molar-refractivity contribution in [3.8, 4) is 0 Å². The standard InChI is InChI=1S/C21H25N7O6/c22-16(29)11-24-21(31)15-7-4-10-27(15)20-18(28(32)33)19(25-13-26-20)23-9-8-17(30)34-12-14-5-2-1-3-6-14/h1-3,5-6,13,15H,4,7-12H2,(H2,22,29)(H,24,31)(H,23,25,26). The summed E-state index contributed by atoms with van der Waals surface area (Å²) in [5.41, 5.74) is 5.51. The van der Waals surface area contributed by atoms with E-state index in [1.807, 2.05) is 30.3 Å². The van der Waals surface area contributed by atoms with Crippen LogP contribution in [-0.2, 0) is 25.7 Å². The van der Waals surface area contributed by atoms with Crippen LogP contribution >= 0.6 is 0 Å². The molecule has 180 valence electrons. The Labute approximate surface area is 194 Å². The summed E-state index contributed by atoms with van der Waals surface area (Å²) in [4.78, 5) is 56.2. The lowest BCUT2D eigenvalue weighted by atomic mass is 10.2. The monoisotopic (exact) mass is 471 g/mol. The number of nitrogens with two attached hydrogens (primary N) is 1. The van der Waals surface area contributed by atoms with Gasteiger partial charge in [-0.1, -0.05) is 30.3 Å². The van der Waals surface area contributed by atoms with Gasteiger partial charge in [0, 0.05) is 13.1 Å². The number of carbonyl (C=O) groups excluding carboxylic acids is 3. The zero-order valence-electron chi connectivity index (χ0n) is 18.3. The number of primary amides is 1. The van der Waals surface area contributed by atoms with Crippen LogP contribution in [0.5, 0.6) is 0 Å². The Morgan fingerprint density at radius 3 is 2.71 bits per heavy atom. The first-order chi connectivity index (χ1) is 16.4. The van der Waals surface area contributed by atoms with Crippen LogP contribution < -0.4 is 21.3 Å². The third kappa shape index (κ3) is 6.37. The van der Waals surface area contributed by atoms with Gasteiger partial charge in [0.15, 0.2) is 0 Å². The number of ether oxygens (including phenoxy) is 1. The van der Waals surface area contributed by atoms with E-state index in [0.717, 1.165) is 11.9 Å². The molecule has 13 heteroatoms. The molecule has 4 N–H and O–H groups in total. The first-order valence-corrected chi connectivity index (χ1v) is 10.6. The second kappa shape index (κ2) is 11.5. The van der Waals surface area contributed by atoms with E-state index in [-0.39, 0.29) is 37.8 Å². The van der Waals surface area contributed by atoms with Gasteiger partial charge in [0.25, 0.3) is 0 Å². The van der Waals surface area contributed by atoms with Crippen molar-refractivity contribution in [1.29, 1.82) is 0 Å². The predicted molar refractivity (Wildman–Crippen MR) is 121 cm³/mol. The summed E-state index contributed by atoms with van der Waals surface area (Å²) in [6.07, 6.45) is 2.15. The van der Waals surface area contributed by atoms with Crippen molar-refractivity contribution in [2.75, 3.05) is 29.9 Å². The SMILES string of the molecule is NC(=O)CNC(=O)C1CCCN1c1ncnc(NCCC(=O)OCc2ccccc2)c1[N+](=O)[O-]. The zero-order chi connectivity index (χ0) is 24.5. The van der Waals surface area contributed by atoms with Crippen LogP contribution in [0.25, 0.3) is 0 Å². The molecular formula is C21H25N7O6. The summed E-state index contributed by atoms with van der Waals surface area (Å²) < 4.78 is 5.20. The first kappa shape index (κ1) is 24.4. The van der Waals surface area contributed by atoms with Crippen LogP contribution in [0.3, 0.4) is 0 Å². The highest BCUT2D eigenvalue weighted by molar-refractivity contribution is 5.90. The van der Waals surface area contributed by atoms with Crippen LogP contribution in [0.2, 0.25) is 0 Å². The van der Waals surface area contributed by atoms with Gasteiger partial charge in [-0.2, -0.15) is 0 Å². The van der Waals surface area contributed by atoms with E-state index < -0.39 is 34.4 Å². The number of amides is 2. The summed E-state index contributed by atoms with van der Waals surface area (Å²) in [5, 5.41) is 17.1. The van der Waals surface area contributed by atoms with Crippen LogP contribution in [0.1, 0.15) is 24.8 Å². The number of esters is 1. The van der Waals surface area contributed by atoms with E-state index in [2.05, 4.69) is 20.6 Å². The molecule has 1 fully saturated rings. The molecule has 1 unspecified atom stereocenters. The fraction of sp³-hybridized carbons (Fsp3) is 0.381. The van der Waals surface area contributed by atoms with Crippen molar-refractivity contribution < 1.29 is 24.0 Å². The van der Waals surface area contributed by atoms with Gasteiger partial charge >= 0.3 is 11.7 Å². The Morgan fingerprint density at radius 1 is 1.24 bits per heavy atom. The minimum absolute atomic E-state index is 0.0223. The van der Waals surface area contributed by atoms with E-state index >= 15 is 0 Å². The molecular weight excluding hydrogens is 446 g/mol. The average molecular weight is 471 g/mol. The molecule has 0 saturated carbocycles. The molecule has 1 aromatic carbocycles. The molecule has 13 nitrogen and oxygen atoms in total. The molecule has 3 rings (SSSR count). The Morgan fingerprint density at radius 2 is 2.00 bits per heavy atom. The van der Waals surface area contributed by atoms with Crippen LogP contribution in [0.15, 0.2) is 36.7 Å². The fourth-order valence-corrected chi connectivity index (χ4v) is 3.56. The second-order valence-corrected chi connectivity index (χ2v) is 7.51. The molecule has 2 aromatic rings. The number of benzene rings is 1. The number of hydrogen-bond acceptors (Lipinski definition) is 10. The van der Waals surface area contributed by atoms with E-state index in [4.69, 9.17) is 10.5 Å². The number of hydrogen-bond donors (Lipinski definition) is 3. The van der Waals surface area contributed by atoms with Gasteiger partial charge in [0.1, 0.15) is 19.0 Å². The molecule has 2 amide bonds. The highest BCUT2D eigenvalue weighted by atomic mass is 16.6. The maximum Gasteiger partial charge on any atom is 0.353 e. The van der Waals surface area contributed by atoms with Crippen LogP contribution in [0.4, 0.5) is 17.3 Å². The summed E-state index contributed by atoms with van der Waals surface area (Å²) >= 11 is 0. The van der Waals surface area contributed by atoms with Gasteiger partial charge < -0.3 is 26.0 Å². The van der Waals surface area contributed by atoms with Gasteiger partial charge in [-0.05, 0) is 18.4 Å². The lowest BCUT2D eigenvalue weighted by molar-refractivity contribution is -0.383. The molecule has 34 heavy (non-hydrogen) atoms. The van der Waals surface area contributed by atoms with Gasteiger partial charge in [-0.15, -0.1) is 0 Å². The van der Waals surface area contributed by atoms with E-state index in [1.165, 1.54) is 4.90 Å². The minimum atomic E-state index is -0.742. The molecule has 0 spiro atoms. The van der Waals surface area contributed by atoms with Crippen molar-refractivity contribution in [2.45, 2.75) is 31.9 Å². The third-order valence-corrected chi connectivity index (χ3v) is 5.11. The molecule has 0 aliphatic carbocycles. The normalized spacial score (nSPS) is 14.9. The van der Waals surface area contributed by atoms with Crippen molar-refractivity contribution in [2.24, 2.45) is 5.73 Å². The maximum absolute atomic E-state index is 12.5. The van der Waals surface area contributed by atoms with Gasteiger partial charge in [-0.25, -0.2) is 9.97 Å². The number of carbonyl (C=O) groups is 3. The van der Waals surface area contributed by atoms with Gasteiger partial charge in [-0.3, -0.25) is 24.5 Å². The molecule has 1 aliphatic heterocycles. The highest BCUT2D eigenvalue weighted by Gasteiger charge is 2.37. The van der Waals surface area contributed by atoms with E-state index in [9.17, 15) is 24.5 Å². The highest BCUT2D eigenvalue weighted by Crippen LogP contribution is 2.35. The fourth-order valence-electron chi connectivity index (χ4n) is 3.56. The lowest BCUT2D eigenvalue weighted by Gasteiger charge is -2.24. The molecule has 1 saturated heterocycles. The zero-order valence-corrected chi connectivity index (χ0v) is 18.3. The molecule has 1 aliphatic rings. The Kier molecular flexibility index (Phi) is 8.26. The first-order valence-electron chi connectivity index (χ1n) is 10.6. The van der Waals surface area contributed by atoms with Crippen molar-refractivity contribution in [1.82, 2.24) is 15.3 Å². The summed E-state index contributed by atoms with van der Waals surface area (Å²) in [6, 6.07) is 8.45. The quantitative estimate of drug-likeness (QED) is 0.237. The van der Waals surface area contributed by atoms with Gasteiger partial charge in [0.2, 0.25) is 23.5 Å². The molecule has 1 aromatic heterocycles. The number of nitro groups is 1. The number of nitrogens with zero attached hydrogens (tertiary/aromatic N) is 4. The summed E-state index contributed by atoms with van der Waals surface area (Å²) in [7, 11) is 0. The van der Waals surface area contributed by atoms with Crippen LogP contribution in [0, 0.1) is 10.1 Å². The predicted octanol–water partition coefficient (Wildman–Crippen LogP) is 0.501. The molecule has 0 bridgehead atoms. The topological polar surface area (TPSA) is 183 Å². The smallest absolute Gasteiger partial charge is 0.353 e. The number of rotatable bonds is 11. The Bertz CT molecular complexity index is 1050.